The van der Waals surface area contributed by atoms with E-state index in [2.05, 4.69) is 4.72 Å². The van der Waals surface area contributed by atoms with E-state index in [4.69, 9.17) is 5.11 Å². The molecule has 0 aliphatic rings. The third kappa shape index (κ3) is 4.75. The minimum atomic E-state index is -3.60. The number of carboxylic acids is 1. The first kappa shape index (κ1) is 14.5. The summed E-state index contributed by atoms with van der Waals surface area (Å²) in [5.41, 5.74) is 1.45. The Bertz CT molecular complexity index is 511. The van der Waals surface area contributed by atoms with E-state index in [0.29, 0.717) is 5.69 Å². The van der Waals surface area contributed by atoms with Crippen LogP contribution in [0, 0.1) is 0 Å². The third-order valence-corrected chi connectivity index (χ3v) is 3.66. The fourth-order valence-electron chi connectivity index (χ4n) is 1.55. The van der Waals surface area contributed by atoms with Gasteiger partial charge in [0, 0.05) is 0 Å². The van der Waals surface area contributed by atoms with Crippen LogP contribution < -0.4 is 4.72 Å². The van der Waals surface area contributed by atoms with Crippen LogP contribution in [-0.4, -0.2) is 25.2 Å². The van der Waals surface area contributed by atoms with Crippen LogP contribution in [0.3, 0.4) is 0 Å². The van der Waals surface area contributed by atoms with Gasteiger partial charge < -0.3 is 5.11 Å². The maximum Gasteiger partial charge on any atom is 0.304 e. The SMILES string of the molecule is CCCc1ccccc1NS(=O)(=O)CCC(=O)O. The molecule has 0 aliphatic carbocycles. The number of hydrogen-bond donors (Lipinski definition) is 2. The van der Waals surface area contributed by atoms with Gasteiger partial charge in [0.25, 0.3) is 0 Å². The number of carbonyl (C=O) groups is 1. The lowest BCUT2D eigenvalue weighted by Gasteiger charge is -2.11. The summed E-state index contributed by atoms with van der Waals surface area (Å²) in [5.74, 6) is -1.54. The number of hydrogen-bond acceptors (Lipinski definition) is 3. The summed E-state index contributed by atoms with van der Waals surface area (Å²) in [7, 11) is -3.60. The smallest absolute Gasteiger partial charge is 0.304 e. The molecular weight excluding hydrogens is 254 g/mol. The highest BCUT2D eigenvalue weighted by atomic mass is 32.2. The van der Waals surface area contributed by atoms with E-state index < -0.39 is 28.2 Å². The Balaban J connectivity index is 2.80. The molecule has 1 aromatic carbocycles. The second kappa shape index (κ2) is 6.39. The predicted octanol–water partition coefficient (Wildman–Crippen LogP) is 1.86. The molecule has 0 spiro atoms. The van der Waals surface area contributed by atoms with E-state index in [-0.39, 0.29) is 0 Å². The fourth-order valence-corrected chi connectivity index (χ4v) is 2.63. The molecule has 0 aromatic heterocycles. The Morgan fingerprint density at radius 3 is 2.61 bits per heavy atom. The molecule has 0 radical (unpaired) electrons. The van der Waals surface area contributed by atoms with Crippen molar-refractivity contribution in [3.63, 3.8) is 0 Å². The van der Waals surface area contributed by atoms with E-state index in [1.54, 1.807) is 12.1 Å². The van der Waals surface area contributed by atoms with Crippen LogP contribution >= 0.6 is 0 Å². The first-order chi connectivity index (χ1) is 8.44. The summed E-state index contributed by atoms with van der Waals surface area (Å²) in [6.07, 6.45) is 1.29. The van der Waals surface area contributed by atoms with Gasteiger partial charge in [-0.3, -0.25) is 9.52 Å². The Labute approximate surface area is 107 Å². The summed E-state index contributed by atoms with van der Waals surface area (Å²) in [5, 5.41) is 8.49. The molecule has 5 nitrogen and oxygen atoms in total. The van der Waals surface area contributed by atoms with Gasteiger partial charge in [-0.1, -0.05) is 31.5 Å². The van der Waals surface area contributed by atoms with Gasteiger partial charge in [-0.05, 0) is 18.1 Å². The number of benzene rings is 1. The van der Waals surface area contributed by atoms with Gasteiger partial charge in [0.1, 0.15) is 0 Å². The van der Waals surface area contributed by atoms with E-state index in [9.17, 15) is 13.2 Å². The molecular formula is C12H17NO4S. The first-order valence-corrected chi connectivity index (χ1v) is 7.40. The molecule has 1 rings (SSSR count). The molecule has 0 atom stereocenters. The number of aryl methyl sites for hydroxylation is 1. The van der Waals surface area contributed by atoms with Crippen LogP contribution in [-0.2, 0) is 21.2 Å². The average molecular weight is 271 g/mol. The van der Waals surface area contributed by atoms with Crippen LogP contribution in [0.1, 0.15) is 25.3 Å². The Morgan fingerprint density at radius 2 is 2.00 bits per heavy atom. The fraction of sp³-hybridized carbons (Fsp3) is 0.417. The zero-order chi connectivity index (χ0) is 13.6. The van der Waals surface area contributed by atoms with Gasteiger partial charge in [0.15, 0.2) is 0 Å². The molecule has 0 bridgehead atoms. The number of anilines is 1. The molecule has 0 amide bonds. The molecule has 0 saturated carbocycles. The zero-order valence-corrected chi connectivity index (χ0v) is 11.0. The second-order valence-electron chi connectivity index (χ2n) is 3.97. The summed E-state index contributed by atoms with van der Waals surface area (Å²) >= 11 is 0. The minimum absolute atomic E-state index is 0.398. The molecule has 18 heavy (non-hydrogen) atoms. The lowest BCUT2D eigenvalue weighted by Crippen LogP contribution is -2.19. The average Bonchev–Trinajstić information content (AvgIpc) is 2.29. The molecule has 0 saturated heterocycles. The summed E-state index contributed by atoms with van der Waals surface area (Å²) < 4.78 is 25.8. The topological polar surface area (TPSA) is 83.5 Å². The number of aliphatic carboxylic acids is 1. The number of sulfonamides is 1. The van der Waals surface area contributed by atoms with E-state index in [1.807, 2.05) is 19.1 Å². The van der Waals surface area contributed by atoms with Gasteiger partial charge in [-0.15, -0.1) is 0 Å². The number of nitrogens with one attached hydrogen (secondary N) is 1. The van der Waals surface area contributed by atoms with Crippen LogP contribution in [0.2, 0.25) is 0 Å². The molecule has 100 valence electrons. The van der Waals surface area contributed by atoms with Crippen molar-refractivity contribution in [3.05, 3.63) is 29.8 Å². The molecule has 0 unspecified atom stereocenters. The molecule has 0 aliphatic heterocycles. The van der Waals surface area contributed by atoms with Gasteiger partial charge >= 0.3 is 5.97 Å². The van der Waals surface area contributed by atoms with E-state index in [1.165, 1.54) is 0 Å². The molecule has 1 aromatic rings. The van der Waals surface area contributed by atoms with Crippen molar-refractivity contribution in [2.75, 3.05) is 10.5 Å². The Morgan fingerprint density at radius 1 is 1.33 bits per heavy atom. The van der Waals surface area contributed by atoms with Crippen LogP contribution in [0.25, 0.3) is 0 Å². The number of carboxylic acid groups (broad SMARTS) is 1. The highest BCUT2D eigenvalue weighted by Gasteiger charge is 2.14. The van der Waals surface area contributed by atoms with Crippen LogP contribution in [0.4, 0.5) is 5.69 Å². The quantitative estimate of drug-likeness (QED) is 0.792. The van der Waals surface area contributed by atoms with Crippen LogP contribution in [0.15, 0.2) is 24.3 Å². The molecule has 2 N–H and O–H groups in total. The number of para-hydroxylation sites is 1. The van der Waals surface area contributed by atoms with Crippen molar-refractivity contribution in [1.82, 2.24) is 0 Å². The van der Waals surface area contributed by atoms with E-state index in [0.717, 1.165) is 18.4 Å². The lowest BCUT2D eigenvalue weighted by atomic mass is 10.1. The zero-order valence-electron chi connectivity index (χ0n) is 10.2. The standard InChI is InChI=1S/C12H17NO4S/c1-2-5-10-6-3-4-7-11(10)13-18(16,17)9-8-12(14)15/h3-4,6-7,13H,2,5,8-9H2,1H3,(H,14,15). The second-order valence-corrected chi connectivity index (χ2v) is 5.81. The summed E-state index contributed by atoms with van der Waals surface area (Å²) in [6, 6.07) is 7.14. The Hall–Kier alpha value is -1.56. The van der Waals surface area contributed by atoms with Crippen molar-refractivity contribution in [2.45, 2.75) is 26.2 Å². The highest BCUT2D eigenvalue weighted by molar-refractivity contribution is 7.92. The molecule has 0 fully saturated rings. The maximum absolute atomic E-state index is 11.7. The normalized spacial score (nSPS) is 11.2. The van der Waals surface area contributed by atoms with Crippen molar-refractivity contribution >= 4 is 21.7 Å². The first-order valence-electron chi connectivity index (χ1n) is 5.75. The summed E-state index contributed by atoms with van der Waals surface area (Å²) in [6.45, 7) is 2.01. The molecule has 0 heterocycles. The van der Waals surface area contributed by atoms with Gasteiger partial charge in [-0.2, -0.15) is 0 Å². The van der Waals surface area contributed by atoms with Gasteiger partial charge in [0.05, 0.1) is 17.9 Å². The van der Waals surface area contributed by atoms with E-state index >= 15 is 0 Å². The van der Waals surface area contributed by atoms with Crippen molar-refractivity contribution in [2.24, 2.45) is 0 Å². The van der Waals surface area contributed by atoms with Crippen molar-refractivity contribution < 1.29 is 18.3 Å². The summed E-state index contributed by atoms with van der Waals surface area (Å²) in [4.78, 5) is 10.4. The minimum Gasteiger partial charge on any atom is -0.481 e. The van der Waals surface area contributed by atoms with Gasteiger partial charge in [-0.25, -0.2) is 8.42 Å². The highest BCUT2D eigenvalue weighted by Crippen LogP contribution is 2.18. The predicted molar refractivity (Wildman–Crippen MR) is 70.1 cm³/mol. The van der Waals surface area contributed by atoms with Crippen LogP contribution in [0.5, 0.6) is 0 Å². The van der Waals surface area contributed by atoms with Crippen molar-refractivity contribution in [3.8, 4) is 0 Å². The van der Waals surface area contributed by atoms with Gasteiger partial charge in [0.2, 0.25) is 10.0 Å². The molecule has 6 heteroatoms. The Kier molecular flexibility index (Phi) is 5.15. The lowest BCUT2D eigenvalue weighted by molar-refractivity contribution is -0.136. The number of rotatable bonds is 7. The maximum atomic E-state index is 11.7. The third-order valence-electron chi connectivity index (χ3n) is 2.39. The largest absolute Gasteiger partial charge is 0.481 e. The van der Waals surface area contributed by atoms with Crippen molar-refractivity contribution in [1.29, 1.82) is 0 Å². The monoisotopic (exact) mass is 271 g/mol.